The van der Waals surface area contributed by atoms with Crippen LogP contribution in [0.25, 0.3) is 32.3 Å². The molecule has 0 N–H and O–H groups in total. The van der Waals surface area contributed by atoms with E-state index in [9.17, 15) is 0 Å². The third-order valence-corrected chi connectivity index (χ3v) is 13.4. The van der Waals surface area contributed by atoms with E-state index in [-0.39, 0.29) is 5.41 Å². The monoisotopic (exact) mass is 386 g/mol. The second kappa shape index (κ2) is 6.88. The van der Waals surface area contributed by atoms with Crippen molar-refractivity contribution in [3.8, 4) is 0 Å². The molecule has 0 aliphatic rings. The van der Waals surface area contributed by atoms with Gasteiger partial charge in [-0.1, -0.05) is 113 Å². The normalized spacial score (nSPS) is 13.2. The predicted octanol–water partition coefficient (Wildman–Crippen LogP) is 7.99. The van der Waals surface area contributed by atoms with Crippen molar-refractivity contribution in [2.75, 3.05) is 0 Å². The molecule has 0 nitrogen and oxygen atoms in total. The molecule has 0 saturated carbocycles. The maximum absolute atomic E-state index is 2.54. The minimum absolute atomic E-state index is 0.197. The molecular weight excluding hydrogens is 352 g/mol. The van der Waals surface area contributed by atoms with Crippen LogP contribution in [-0.2, 0) is 5.41 Å². The van der Waals surface area contributed by atoms with Crippen molar-refractivity contribution in [3.05, 3.63) is 54.1 Å². The molecule has 4 aromatic carbocycles. The summed E-state index contributed by atoms with van der Waals surface area (Å²) in [4.78, 5) is 0. The summed E-state index contributed by atoms with van der Waals surface area (Å²) in [6.45, 7) is 14.3. The molecule has 0 saturated heterocycles. The highest BCUT2D eigenvalue weighted by Crippen LogP contribution is 2.40. The van der Waals surface area contributed by atoms with Crippen LogP contribution < -0.4 is 5.19 Å². The van der Waals surface area contributed by atoms with Crippen LogP contribution in [0.2, 0.25) is 18.1 Å². The first kappa shape index (κ1) is 19.5. The van der Waals surface area contributed by atoms with E-state index in [0.717, 1.165) is 6.42 Å². The Morgan fingerprint density at radius 2 is 1.21 bits per heavy atom. The average molecular weight is 387 g/mol. The Bertz CT molecular complexity index is 1100. The zero-order chi connectivity index (χ0) is 20.1. The van der Waals surface area contributed by atoms with Gasteiger partial charge in [0.25, 0.3) is 0 Å². The van der Waals surface area contributed by atoms with Gasteiger partial charge in [0, 0.05) is 0 Å². The van der Waals surface area contributed by atoms with E-state index >= 15 is 0 Å². The van der Waals surface area contributed by atoms with Gasteiger partial charge >= 0.3 is 0 Å². The zero-order valence-electron chi connectivity index (χ0n) is 18.4. The molecular formula is C27H34Si. The first-order chi connectivity index (χ1) is 13.4. The molecule has 28 heavy (non-hydrogen) atoms. The molecule has 0 amide bonds. The lowest BCUT2D eigenvalue weighted by atomic mass is 9.78. The van der Waals surface area contributed by atoms with Gasteiger partial charge in [0.1, 0.15) is 0 Å². The van der Waals surface area contributed by atoms with Crippen molar-refractivity contribution in [2.45, 2.75) is 71.5 Å². The summed E-state index contributed by atoms with van der Waals surface area (Å²) in [6, 6.07) is 23.3. The van der Waals surface area contributed by atoms with Crippen molar-refractivity contribution in [3.63, 3.8) is 0 Å². The molecule has 0 aliphatic carbocycles. The fourth-order valence-corrected chi connectivity index (χ4v) is 8.92. The fourth-order valence-electron chi connectivity index (χ4n) is 5.27. The molecule has 0 spiro atoms. The average Bonchev–Trinajstić information content (AvgIpc) is 2.73. The predicted molar refractivity (Wildman–Crippen MR) is 130 cm³/mol. The number of hydrogen-bond donors (Lipinski definition) is 0. The van der Waals surface area contributed by atoms with E-state index < -0.39 is 8.07 Å². The second-order valence-electron chi connectivity index (χ2n) is 9.27. The molecule has 4 aromatic rings. The van der Waals surface area contributed by atoms with E-state index in [0.29, 0.717) is 0 Å². The van der Waals surface area contributed by atoms with Crippen molar-refractivity contribution in [1.29, 1.82) is 0 Å². The quantitative estimate of drug-likeness (QED) is 0.233. The van der Waals surface area contributed by atoms with Crippen molar-refractivity contribution in [1.82, 2.24) is 0 Å². The Morgan fingerprint density at radius 3 is 1.79 bits per heavy atom. The maximum atomic E-state index is 2.54. The summed E-state index contributed by atoms with van der Waals surface area (Å²) < 4.78 is 0. The van der Waals surface area contributed by atoms with Gasteiger partial charge in [-0.15, -0.1) is 0 Å². The Morgan fingerprint density at radius 1 is 0.679 bits per heavy atom. The molecule has 0 heterocycles. The Labute approximate surface area is 171 Å². The molecule has 0 fully saturated rings. The van der Waals surface area contributed by atoms with E-state index in [1.54, 1.807) is 5.19 Å². The van der Waals surface area contributed by atoms with Gasteiger partial charge in [-0.05, 0) is 49.7 Å². The largest absolute Gasteiger partial charge is 0.0859 e. The lowest BCUT2D eigenvalue weighted by molar-refractivity contribution is 0.511. The van der Waals surface area contributed by atoms with Crippen LogP contribution >= 0.6 is 0 Å². The van der Waals surface area contributed by atoms with E-state index in [1.807, 2.05) is 0 Å². The van der Waals surface area contributed by atoms with Gasteiger partial charge in [-0.3, -0.25) is 0 Å². The van der Waals surface area contributed by atoms with Gasteiger partial charge in [-0.2, -0.15) is 0 Å². The highest BCUT2D eigenvalue weighted by molar-refractivity contribution is 6.92. The molecule has 0 aromatic heterocycles. The Hall–Kier alpha value is -1.86. The lowest BCUT2D eigenvalue weighted by Gasteiger charge is -2.30. The first-order valence-electron chi connectivity index (χ1n) is 11.1. The molecule has 0 unspecified atom stereocenters. The van der Waals surface area contributed by atoms with Gasteiger partial charge in [0.05, 0.1) is 8.07 Å². The number of hydrogen-bond acceptors (Lipinski definition) is 0. The highest BCUT2D eigenvalue weighted by atomic mass is 28.3. The third-order valence-electron chi connectivity index (χ3n) is 7.85. The molecule has 1 heteroatoms. The third kappa shape index (κ3) is 2.70. The number of benzene rings is 4. The highest BCUT2D eigenvalue weighted by Gasteiger charge is 2.30. The molecule has 0 radical (unpaired) electrons. The van der Waals surface area contributed by atoms with Gasteiger partial charge in [0.2, 0.25) is 0 Å². The molecule has 4 rings (SSSR count). The van der Waals surface area contributed by atoms with Gasteiger partial charge in [0.15, 0.2) is 0 Å². The summed E-state index contributed by atoms with van der Waals surface area (Å²) in [5.74, 6) is 0. The molecule has 0 aliphatic heterocycles. The summed E-state index contributed by atoms with van der Waals surface area (Å²) in [6.07, 6.45) is 1.15. The molecule has 0 bridgehead atoms. The summed E-state index contributed by atoms with van der Waals surface area (Å²) in [7, 11) is -1.39. The topological polar surface area (TPSA) is 0 Å². The van der Waals surface area contributed by atoms with Crippen LogP contribution in [0.1, 0.15) is 53.5 Å². The summed E-state index contributed by atoms with van der Waals surface area (Å²) >= 11 is 0. The minimum Gasteiger partial charge on any atom is -0.0675 e. The standard InChI is InChI=1S/C27H34Si/c1-7-27(5,6)24-16-14-19-11-12-20-17-22(28(8-2,9-3)10-4)18-21-13-15-23(24)26(19)25(20)21/h11-18H,7-10H2,1-6H3. The smallest absolute Gasteiger partial charge is 0.0675 e. The fraction of sp³-hybridized carbons (Fsp3) is 0.407. The second-order valence-corrected chi connectivity index (χ2v) is 14.5. The summed E-state index contributed by atoms with van der Waals surface area (Å²) in [5, 5.41) is 10.3. The summed E-state index contributed by atoms with van der Waals surface area (Å²) in [5.41, 5.74) is 1.68. The maximum Gasteiger partial charge on any atom is 0.0859 e. The minimum atomic E-state index is -1.39. The van der Waals surface area contributed by atoms with E-state index in [4.69, 9.17) is 0 Å². The van der Waals surface area contributed by atoms with Gasteiger partial charge in [-0.25, -0.2) is 0 Å². The van der Waals surface area contributed by atoms with E-state index in [2.05, 4.69) is 90.1 Å². The first-order valence-corrected chi connectivity index (χ1v) is 13.8. The Balaban J connectivity index is 2.09. The van der Waals surface area contributed by atoms with Crippen LogP contribution in [0.15, 0.2) is 48.5 Å². The van der Waals surface area contributed by atoms with E-state index in [1.165, 1.54) is 56.0 Å². The van der Waals surface area contributed by atoms with Crippen LogP contribution in [0, 0.1) is 0 Å². The van der Waals surface area contributed by atoms with Crippen LogP contribution in [0.3, 0.4) is 0 Å². The molecule has 146 valence electrons. The SMILES string of the molecule is CCC(C)(C)c1ccc2ccc3cc([Si](CC)(CC)CC)cc4ccc1c2c34. The zero-order valence-corrected chi connectivity index (χ0v) is 19.4. The van der Waals surface area contributed by atoms with Crippen molar-refractivity contribution in [2.24, 2.45) is 0 Å². The Kier molecular flexibility index (Phi) is 4.78. The molecule has 0 atom stereocenters. The van der Waals surface area contributed by atoms with Crippen molar-refractivity contribution >= 4 is 45.6 Å². The lowest BCUT2D eigenvalue weighted by Crippen LogP contribution is -2.45. The van der Waals surface area contributed by atoms with Gasteiger partial charge < -0.3 is 0 Å². The van der Waals surface area contributed by atoms with Crippen LogP contribution in [-0.4, -0.2) is 8.07 Å². The van der Waals surface area contributed by atoms with Crippen molar-refractivity contribution < 1.29 is 0 Å². The van der Waals surface area contributed by atoms with Crippen LogP contribution in [0.4, 0.5) is 0 Å². The van der Waals surface area contributed by atoms with Crippen LogP contribution in [0.5, 0.6) is 0 Å². The number of rotatable bonds is 6.